The summed E-state index contributed by atoms with van der Waals surface area (Å²) < 4.78 is 0. The zero-order chi connectivity index (χ0) is 13.4. The van der Waals surface area contributed by atoms with Crippen LogP contribution in [0.2, 0.25) is 0 Å². The molecular formula is C16H34N2. The van der Waals surface area contributed by atoms with Crippen molar-refractivity contribution in [3.05, 3.63) is 0 Å². The maximum Gasteiger partial charge on any atom is 0.00106 e. The third-order valence-corrected chi connectivity index (χ3v) is 4.55. The van der Waals surface area contributed by atoms with Gasteiger partial charge in [0.1, 0.15) is 0 Å². The minimum Gasteiger partial charge on any atom is -0.317 e. The van der Waals surface area contributed by atoms with Gasteiger partial charge in [-0.1, -0.05) is 27.7 Å². The molecule has 0 bridgehead atoms. The quantitative estimate of drug-likeness (QED) is 0.830. The highest BCUT2D eigenvalue weighted by atomic mass is 15.1. The molecule has 18 heavy (non-hydrogen) atoms. The Morgan fingerprint density at radius 3 is 2.06 bits per heavy atom. The molecule has 2 aliphatic heterocycles. The molecule has 0 amide bonds. The van der Waals surface area contributed by atoms with Gasteiger partial charge in [-0.15, -0.1) is 0 Å². The van der Waals surface area contributed by atoms with Crippen LogP contribution in [0.15, 0.2) is 0 Å². The smallest absolute Gasteiger partial charge is 0.00106 e. The maximum absolute atomic E-state index is 3.46. The Kier molecular flexibility index (Phi) is 7.92. The second-order valence-electron chi connectivity index (χ2n) is 6.08. The van der Waals surface area contributed by atoms with E-state index in [2.05, 4.69) is 24.1 Å². The Bertz CT molecular complexity index is 189. The summed E-state index contributed by atoms with van der Waals surface area (Å²) in [6.45, 7) is 15.3. The Balaban J connectivity index is 0.000000771. The maximum atomic E-state index is 3.46. The van der Waals surface area contributed by atoms with Crippen LogP contribution in [-0.4, -0.2) is 37.6 Å². The minimum absolute atomic E-state index is 0.890. The van der Waals surface area contributed by atoms with Gasteiger partial charge in [-0.3, -0.25) is 0 Å². The predicted molar refractivity (Wildman–Crippen MR) is 80.9 cm³/mol. The summed E-state index contributed by atoms with van der Waals surface area (Å²) in [5, 5.41) is 3.46. The predicted octanol–water partition coefficient (Wildman–Crippen LogP) is 3.38. The summed E-state index contributed by atoms with van der Waals surface area (Å²) in [6, 6.07) is 0. The van der Waals surface area contributed by atoms with E-state index in [9.17, 15) is 0 Å². The zero-order valence-corrected chi connectivity index (χ0v) is 13.0. The molecule has 1 N–H and O–H groups in total. The van der Waals surface area contributed by atoms with E-state index < -0.39 is 0 Å². The highest BCUT2D eigenvalue weighted by Crippen LogP contribution is 2.25. The van der Waals surface area contributed by atoms with E-state index in [1.54, 1.807) is 0 Å². The Morgan fingerprint density at radius 2 is 1.56 bits per heavy atom. The van der Waals surface area contributed by atoms with Crippen LogP contribution in [0.25, 0.3) is 0 Å². The van der Waals surface area contributed by atoms with Crippen molar-refractivity contribution in [3.63, 3.8) is 0 Å². The van der Waals surface area contributed by atoms with Crippen molar-refractivity contribution in [1.82, 2.24) is 10.2 Å². The van der Waals surface area contributed by atoms with Gasteiger partial charge in [0.05, 0.1) is 0 Å². The average molecular weight is 254 g/mol. The molecule has 2 heteroatoms. The molecular weight excluding hydrogens is 220 g/mol. The van der Waals surface area contributed by atoms with Crippen molar-refractivity contribution in [3.8, 4) is 0 Å². The summed E-state index contributed by atoms with van der Waals surface area (Å²) in [7, 11) is 0. The zero-order valence-electron chi connectivity index (χ0n) is 13.0. The van der Waals surface area contributed by atoms with Crippen LogP contribution in [0.5, 0.6) is 0 Å². The van der Waals surface area contributed by atoms with Crippen LogP contribution in [-0.2, 0) is 0 Å². The molecule has 0 aromatic heterocycles. The third kappa shape index (κ3) is 5.27. The van der Waals surface area contributed by atoms with E-state index in [0.717, 1.165) is 17.8 Å². The molecule has 2 fully saturated rings. The van der Waals surface area contributed by atoms with E-state index in [1.807, 2.05) is 13.8 Å². The molecule has 2 heterocycles. The van der Waals surface area contributed by atoms with Crippen molar-refractivity contribution < 1.29 is 0 Å². The molecule has 2 nitrogen and oxygen atoms in total. The first kappa shape index (κ1) is 16.0. The second-order valence-corrected chi connectivity index (χ2v) is 6.08. The number of likely N-dealkylation sites (tertiary alicyclic amines) is 1. The van der Waals surface area contributed by atoms with Crippen molar-refractivity contribution in [2.24, 2.45) is 17.8 Å². The van der Waals surface area contributed by atoms with Gasteiger partial charge in [-0.25, -0.2) is 0 Å². The van der Waals surface area contributed by atoms with Crippen molar-refractivity contribution in [1.29, 1.82) is 0 Å². The summed E-state index contributed by atoms with van der Waals surface area (Å²) >= 11 is 0. The largest absolute Gasteiger partial charge is 0.317 e. The minimum atomic E-state index is 0.890. The van der Waals surface area contributed by atoms with Gasteiger partial charge in [-0.2, -0.15) is 0 Å². The SMILES string of the molecule is CC.CC(C)C1CCN(CC2CCNCC2)CC1. The lowest BCUT2D eigenvalue weighted by Crippen LogP contribution is -2.40. The Morgan fingerprint density at radius 1 is 1.00 bits per heavy atom. The van der Waals surface area contributed by atoms with E-state index in [0.29, 0.717) is 0 Å². The lowest BCUT2D eigenvalue weighted by atomic mass is 9.86. The number of rotatable bonds is 3. The molecule has 0 unspecified atom stereocenters. The summed E-state index contributed by atoms with van der Waals surface area (Å²) in [4.78, 5) is 2.72. The van der Waals surface area contributed by atoms with Crippen LogP contribution in [0, 0.1) is 17.8 Å². The van der Waals surface area contributed by atoms with Gasteiger partial charge in [0.2, 0.25) is 0 Å². The van der Waals surface area contributed by atoms with Gasteiger partial charge < -0.3 is 10.2 Å². The molecule has 0 aliphatic carbocycles. The third-order valence-electron chi connectivity index (χ3n) is 4.55. The molecule has 0 aromatic rings. The second kappa shape index (κ2) is 8.92. The summed E-state index contributed by atoms with van der Waals surface area (Å²) in [6.07, 6.45) is 5.65. The van der Waals surface area contributed by atoms with Crippen molar-refractivity contribution in [2.75, 3.05) is 32.7 Å². The lowest BCUT2D eigenvalue weighted by Gasteiger charge is -2.36. The number of nitrogens with zero attached hydrogens (tertiary/aromatic N) is 1. The Hall–Kier alpha value is -0.0800. The highest BCUT2D eigenvalue weighted by Gasteiger charge is 2.23. The van der Waals surface area contributed by atoms with Crippen molar-refractivity contribution in [2.45, 2.75) is 53.4 Å². The van der Waals surface area contributed by atoms with Gasteiger partial charge in [0.25, 0.3) is 0 Å². The van der Waals surface area contributed by atoms with Crippen LogP contribution in [0.1, 0.15) is 53.4 Å². The molecule has 0 spiro atoms. The van der Waals surface area contributed by atoms with Crippen LogP contribution >= 0.6 is 0 Å². The first-order valence-corrected chi connectivity index (χ1v) is 8.19. The monoisotopic (exact) mass is 254 g/mol. The van der Waals surface area contributed by atoms with Crippen LogP contribution < -0.4 is 5.32 Å². The van der Waals surface area contributed by atoms with E-state index >= 15 is 0 Å². The van der Waals surface area contributed by atoms with Crippen molar-refractivity contribution >= 4 is 0 Å². The normalized spacial score (nSPS) is 23.8. The molecule has 108 valence electrons. The molecule has 0 saturated carbocycles. The van der Waals surface area contributed by atoms with Gasteiger partial charge in [0.15, 0.2) is 0 Å². The number of nitrogens with one attached hydrogen (secondary N) is 1. The Labute approximate surface area is 115 Å². The number of piperidine rings is 2. The van der Waals surface area contributed by atoms with Gasteiger partial charge in [0, 0.05) is 6.54 Å². The molecule has 2 aliphatic rings. The molecule has 2 rings (SSSR count). The lowest BCUT2D eigenvalue weighted by molar-refractivity contribution is 0.130. The molecule has 0 atom stereocenters. The topological polar surface area (TPSA) is 15.3 Å². The first-order chi connectivity index (χ1) is 8.75. The van der Waals surface area contributed by atoms with E-state index in [4.69, 9.17) is 0 Å². The van der Waals surface area contributed by atoms with E-state index in [-0.39, 0.29) is 0 Å². The van der Waals surface area contributed by atoms with Gasteiger partial charge in [-0.05, 0) is 69.6 Å². The fraction of sp³-hybridized carbons (Fsp3) is 1.00. The molecule has 0 radical (unpaired) electrons. The number of hydrogen-bond acceptors (Lipinski definition) is 2. The highest BCUT2D eigenvalue weighted by molar-refractivity contribution is 4.78. The molecule has 0 aromatic carbocycles. The standard InChI is InChI=1S/C14H28N2.C2H6/c1-12(2)14-5-9-16(10-6-14)11-13-3-7-15-8-4-13;1-2/h12-15H,3-11H2,1-2H3;1-2H3. The first-order valence-electron chi connectivity index (χ1n) is 8.19. The summed E-state index contributed by atoms with van der Waals surface area (Å²) in [5.41, 5.74) is 0. The van der Waals surface area contributed by atoms with Gasteiger partial charge >= 0.3 is 0 Å². The summed E-state index contributed by atoms with van der Waals surface area (Å²) in [5.74, 6) is 2.85. The fourth-order valence-corrected chi connectivity index (χ4v) is 3.23. The van der Waals surface area contributed by atoms with Crippen LogP contribution in [0.4, 0.5) is 0 Å². The number of hydrogen-bond donors (Lipinski definition) is 1. The van der Waals surface area contributed by atoms with E-state index in [1.165, 1.54) is 58.4 Å². The van der Waals surface area contributed by atoms with Crippen LogP contribution in [0.3, 0.4) is 0 Å². The average Bonchev–Trinajstić information content (AvgIpc) is 2.43. The molecule has 2 saturated heterocycles. The fourth-order valence-electron chi connectivity index (χ4n) is 3.23.